The van der Waals surface area contributed by atoms with Gasteiger partial charge in [-0.3, -0.25) is 4.79 Å². The lowest BCUT2D eigenvalue weighted by Gasteiger charge is -2.37. The molecule has 2 saturated carbocycles. The Balaban J connectivity index is 1.71. The van der Waals surface area contributed by atoms with Crippen LogP contribution in [-0.4, -0.2) is 12.1 Å². The fourth-order valence-corrected chi connectivity index (χ4v) is 3.98. The summed E-state index contributed by atoms with van der Waals surface area (Å²) in [5.41, 5.74) is 0. The topological polar surface area (TPSA) is 26.3 Å². The van der Waals surface area contributed by atoms with Crippen LogP contribution in [-0.2, 0) is 9.53 Å². The average Bonchev–Trinajstić information content (AvgIpc) is 2.39. The summed E-state index contributed by atoms with van der Waals surface area (Å²) >= 11 is 0. The molecule has 0 aromatic rings. The van der Waals surface area contributed by atoms with E-state index in [2.05, 4.69) is 6.92 Å². The van der Waals surface area contributed by atoms with E-state index >= 15 is 0 Å². The Bertz CT molecular complexity index is 258. The molecule has 0 N–H and O–H groups in total. The summed E-state index contributed by atoms with van der Waals surface area (Å²) in [5.74, 6) is 2.77. The fourth-order valence-electron chi connectivity index (χ4n) is 3.98. The smallest absolute Gasteiger partial charge is 0.302 e. The van der Waals surface area contributed by atoms with Gasteiger partial charge in [0.2, 0.25) is 0 Å². The van der Waals surface area contributed by atoms with Crippen LogP contribution in [0, 0.1) is 17.8 Å². The molecule has 0 atom stereocenters. The van der Waals surface area contributed by atoms with Crippen molar-refractivity contribution in [2.24, 2.45) is 17.8 Å². The summed E-state index contributed by atoms with van der Waals surface area (Å²) in [7, 11) is 0. The van der Waals surface area contributed by atoms with Gasteiger partial charge in [0.15, 0.2) is 0 Å². The number of ether oxygens (including phenoxy) is 1. The summed E-state index contributed by atoms with van der Waals surface area (Å²) in [4.78, 5) is 10.9. The molecule has 2 rings (SSSR count). The zero-order chi connectivity index (χ0) is 13.0. The number of hydrogen-bond donors (Lipinski definition) is 0. The summed E-state index contributed by atoms with van der Waals surface area (Å²) in [5, 5.41) is 0. The van der Waals surface area contributed by atoms with E-state index in [1.807, 2.05) is 0 Å². The molecule has 0 unspecified atom stereocenters. The van der Waals surface area contributed by atoms with Crippen molar-refractivity contribution < 1.29 is 9.53 Å². The van der Waals surface area contributed by atoms with Crippen LogP contribution in [0.3, 0.4) is 0 Å². The van der Waals surface area contributed by atoms with Gasteiger partial charge in [-0.2, -0.15) is 0 Å². The maximum absolute atomic E-state index is 10.9. The minimum absolute atomic E-state index is 0.109. The van der Waals surface area contributed by atoms with Crippen molar-refractivity contribution in [3.8, 4) is 0 Å². The molecule has 104 valence electrons. The van der Waals surface area contributed by atoms with E-state index < -0.39 is 0 Å². The van der Waals surface area contributed by atoms with E-state index in [9.17, 15) is 4.79 Å². The Kier molecular flexibility index (Phi) is 5.08. The Labute approximate surface area is 111 Å². The molecule has 0 saturated heterocycles. The highest BCUT2D eigenvalue weighted by atomic mass is 16.5. The SMILES string of the molecule is CCC1CCC(C2CCC(OC(C)=O)CC2)CC1. The monoisotopic (exact) mass is 252 g/mol. The van der Waals surface area contributed by atoms with E-state index in [0.717, 1.165) is 30.6 Å². The van der Waals surface area contributed by atoms with Crippen molar-refractivity contribution in [1.82, 2.24) is 0 Å². The van der Waals surface area contributed by atoms with Crippen molar-refractivity contribution in [2.75, 3.05) is 0 Å². The molecular formula is C16H28O2. The molecule has 2 heteroatoms. The predicted molar refractivity (Wildman–Crippen MR) is 73.3 cm³/mol. The molecular weight excluding hydrogens is 224 g/mol. The first-order valence-electron chi connectivity index (χ1n) is 7.86. The van der Waals surface area contributed by atoms with E-state index in [1.54, 1.807) is 0 Å². The van der Waals surface area contributed by atoms with Gasteiger partial charge in [0, 0.05) is 6.92 Å². The molecule has 0 heterocycles. The number of esters is 1. The summed E-state index contributed by atoms with van der Waals surface area (Å²) < 4.78 is 5.32. The van der Waals surface area contributed by atoms with Crippen LogP contribution in [0.25, 0.3) is 0 Å². The number of rotatable bonds is 3. The van der Waals surface area contributed by atoms with Crippen molar-refractivity contribution in [3.63, 3.8) is 0 Å². The standard InChI is InChI=1S/C16H28O2/c1-3-13-4-6-14(7-5-13)15-8-10-16(11-9-15)18-12(2)17/h13-16H,3-11H2,1-2H3. The predicted octanol–water partition coefficient (Wildman–Crippen LogP) is 4.32. The first-order chi connectivity index (χ1) is 8.69. The Hall–Kier alpha value is -0.530. The third-order valence-corrected chi connectivity index (χ3v) is 5.19. The van der Waals surface area contributed by atoms with Gasteiger partial charge in [-0.15, -0.1) is 0 Å². The highest BCUT2D eigenvalue weighted by Crippen LogP contribution is 2.41. The summed E-state index contributed by atoms with van der Waals surface area (Å²) in [6, 6.07) is 0. The van der Waals surface area contributed by atoms with Crippen molar-refractivity contribution >= 4 is 5.97 Å². The molecule has 0 amide bonds. The van der Waals surface area contributed by atoms with Crippen LogP contribution in [0.4, 0.5) is 0 Å². The van der Waals surface area contributed by atoms with Crippen molar-refractivity contribution in [3.05, 3.63) is 0 Å². The lowest BCUT2D eigenvalue weighted by Crippen LogP contribution is -2.29. The molecule has 0 aliphatic heterocycles. The van der Waals surface area contributed by atoms with Gasteiger partial charge in [0.25, 0.3) is 0 Å². The average molecular weight is 252 g/mol. The summed E-state index contributed by atoms with van der Waals surface area (Å²) in [6.07, 6.45) is 12.1. The third-order valence-electron chi connectivity index (χ3n) is 5.19. The van der Waals surface area contributed by atoms with Crippen molar-refractivity contribution in [2.45, 2.75) is 77.7 Å². The van der Waals surface area contributed by atoms with Crippen LogP contribution in [0.5, 0.6) is 0 Å². The van der Waals surface area contributed by atoms with Gasteiger partial charge in [-0.1, -0.05) is 26.2 Å². The normalized spacial score (nSPS) is 37.2. The molecule has 0 spiro atoms. The lowest BCUT2D eigenvalue weighted by atomic mass is 9.70. The first kappa shape index (κ1) is 13.9. The van der Waals surface area contributed by atoms with Crippen LogP contribution >= 0.6 is 0 Å². The highest BCUT2D eigenvalue weighted by Gasteiger charge is 2.31. The first-order valence-corrected chi connectivity index (χ1v) is 7.86. The van der Waals surface area contributed by atoms with Gasteiger partial charge in [-0.25, -0.2) is 0 Å². The quantitative estimate of drug-likeness (QED) is 0.699. The lowest BCUT2D eigenvalue weighted by molar-refractivity contribution is -0.148. The van der Waals surface area contributed by atoms with Crippen LogP contribution in [0.1, 0.15) is 71.6 Å². The molecule has 0 bridgehead atoms. The fraction of sp³-hybridized carbons (Fsp3) is 0.938. The molecule has 0 radical (unpaired) electrons. The molecule has 2 aliphatic rings. The molecule has 0 aromatic carbocycles. The number of carbonyl (C=O) groups excluding carboxylic acids is 1. The van der Waals surface area contributed by atoms with Gasteiger partial charge >= 0.3 is 5.97 Å². The van der Waals surface area contributed by atoms with E-state index in [-0.39, 0.29) is 12.1 Å². The number of hydrogen-bond acceptors (Lipinski definition) is 2. The second-order valence-corrected chi connectivity index (χ2v) is 6.34. The summed E-state index contributed by atoms with van der Waals surface area (Å²) in [6.45, 7) is 3.85. The van der Waals surface area contributed by atoms with Crippen LogP contribution in [0.15, 0.2) is 0 Å². The van der Waals surface area contributed by atoms with Gasteiger partial charge in [-0.05, 0) is 56.3 Å². The highest BCUT2D eigenvalue weighted by molar-refractivity contribution is 5.66. The molecule has 2 nitrogen and oxygen atoms in total. The molecule has 2 aliphatic carbocycles. The van der Waals surface area contributed by atoms with Crippen LogP contribution < -0.4 is 0 Å². The maximum Gasteiger partial charge on any atom is 0.302 e. The Morgan fingerprint density at radius 3 is 1.89 bits per heavy atom. The van der Waals surface area contributed by atoms with Gasteiger partial charge in [0.05, 0.1) is 0 Å². The maximum atomic E-state index is 10.9. The minimum atomic E-state index is -0.109. The van der Waals surface area contributed by atoms with E-state index in [4.69, 9.17) is 4.74 Å². The number of carbonyl (C=O) groups is 1. The van der Waals surface area contributed by atoms with Gasteiger partial charge in [0.1, 0.15) is 6.10 Å². The van der Waals surface area contributed by atoms with Crippen molar-refractivity contribution in [1.29, 1.82) is 0 Å². The molecule has 2 fully saturated rings. The second-order valence-electron chi connectivity index (χ2n) is 6.34. The second kappa shape index (κ2) is 6.58. The van der Waals surface area contributed by atoms with E-state index in [1.165, 1.54) is 51.9 Å². The zero-order valence-corrected chi connectivity index (χ0v) is 12.0. The van der Waals surface area contributed by atoms with Crippen LogP contribution in [0.2, 0.25) is 0 Å². The Morgan fingerprint density at radius 2 is 1.44 bits per heavy atom. The van der Waals surface area contributed by atoms with Gasteiger partial charge < -0.3 is 4.74 Å². The molecule has 0 aromatic heterocycles. The zero-order valence-electron chi connectivity index (χ0n) is 12.0. The largest absolute Gasteiger partial charge is 0.463 e. The minimum Gasteiger partial charge on any atom is -0.463 e. The third kappa shape index (κ3) is 3.73. The Morgan fingerprint density at radius 1 is 0.944 bits per heavy atom. The molecule has 18 heavy (non-hydrogen) atoms. The van der Waals surface area contributed by atoms with E-state index in [0.29, 0.717) is 0 Å².